The molecular weight excluding hydrogens is 186 g/mol. The summed E-state index contributed by atoms with van der Waals surface area (Å²) >= 11 is 0. The van der Waals surface area contributed by atoms with Crippen molar-refractivity contribution in [3.05, 3.63) is 0 Å². The van der Waals surface area contributed by atoms with Crippen molar-refractivity contribution < 1.29 is 5.11 Å². The second-order valence-electron chi connectivity index (χ2n) is 6.57. The lowest BCUT2D eigenvalue weighted by atomic mass is 9.78. The summed E-state index contributed by atoms with van der Waals surface area (Å²) in [6.07, 6.45) is 3.93. The molecule has 15 heavy (non-hydrogen) atoms. The van der Waals surface area contributed by atoms with Gasteiger partial charge in [0.1, 0.15) is 0 Å². The Labute approximate surface area is 94.7 Å². The zero-order valence-electron chi connectivity index (χ0n) is 11.0. The first-order valence-electron chi connectivity index (χ1n) is 6.15. The standard InChI is InChI=1S/C13H27NO/c1-11-10-13(15,8-9-14(11)5)7-6-12(2,3)4/h11,15H,6-10H2,1-5H3. The van der Waals surface area contributed by atoms with Crippen molar-refractivity contribution in [1.29, 1.82) is 0 Å². The fourth-order valence-electron chi connectivity index (χ4n) is 2.25. The number of hydrogen-bond donors (Lipinski definition) is 1. The number of aliphatic hydroxyl groups is 1. The second kappa shape index (κ2) is 4.42. The van der Waals surface area contributed by atoms with Gasteiger partial charge >= 0.3 is 0 Å². The van der Waals surface area contributed by atoms with Crippen LogP contribution in [-0.2, 0) is 0 Å². The molecular formula is C13H27NO. The van der Waals surface area contributed by atoms with Crippen LogP contribution in [0.3, 0.4) is 0 Å². The third-order valence-electron chi connectivity index (χ3n) is 3.70. The van der Waals surface area contributed by atoms with Crippen molar-refractivity contribution >= 4 is 0 Å². The molecule has 90 valence electrons. The molecule has 0 aromatic heterocycles. The first-order valence-corrected chi connectivity index (χ1v) is 6.15. The molecule has 1 N–H and O–H groups in total. The Kier molecular flexibility index (Phi) is 3.83. The van der Waals surface area contributed by atoms with Gasteiger partial charge in [0.05, 0.1) is 5.60 Å². The van der Waals surface area contributed by atoms with Crippen molar-refractivity contribution in [2.24, 2.45) is 5.41 Å². The van der Waals surface area contributed by atoms with Crippen LogP contribution in [0.5, 0.6) is 0 Å². The number of likely N-dealkylation sites (tertiary alicyclic amines) is 1. The van der Waals surface area contributed by atoms with Crippen LogP contribution in [0.1, 0.15) is 53.4 Å². The molecule has 0 aliphatic carbocycles. The first-order chi connectivity index (χ1) is 6.72. The largest absolute Gasteiger partial charge is 0.390 e. The van der Waals surface area contributed by atoms with Gasteiger partial charge in [-0.2, -0.15) is 0 Å². The van der Waals surface area contributed by atoms with Gasteiger partial charge in [-0.15, -0.1) is 0 Å². The predicted molar refractivity (Wildman–Crippen MR) is 65.0 cm³/mol. The lowest BCUT2D eigenvalue weighted by Gasteiger charge is -2.42. The lowest BCUT2D eigenvalue weighted by molar-refractivity contribution is -0.0480. The van der Waals surface area contributed by atoms with Crippen LogP contribution in [0, 0.1) is 5.41 Å². The molecule has 0 radical (unpaired) electrons. The summed E-state index contributed by atoms with van der Waals surface area (Å²) in [5.74, 6) is 0. The number of rotatable bonds is 2. The Morgan fingerprint density at radius 2 is 2.00 bits per heavy atom. The maximum absolute atomic E-state index is 10.5. The molecule has 1 rings (SSSR count). The fraction of sp³-hybridized carbons (Fsp3) is 1.00. The van der Waals surface area contributed by atoms with E-state index in [9.17, 15) is 5.11 Å². The highest BCUT2D eigenvalue weighted by Crippen LogP contribution is 2.33. The molecule has 0 spiro atoms. The van der Waals surface area contributed by atoms with Crippen molar-refractivity contribution in [3.63, 3.8) is 0 Å². The van der Waals surface area contributed by atoms with Gasteiger partial charge in [-0.3, -0.25) is 0 Å². The molecule has 0 aromatic rings. The van der Waals surface area contributed by atoms with Gasteiger partial charge in [-0.25, -0.2) is 0 Å². The summed E-state index contributed by atoms with van der Waals surface area (Å²) in [5, 5.41) is 10.5. The van der Waals surface area contributed by atoms with Crippen LogP contribution >= 0.6 is 0 Å². The van der Waals surface area contributed by atoms with E-state index < -0.39 is 5.60 Å². The van der Waals surface area contributed by atoms with Crippen LogP contribution in [0.4, 0.5) is 0 Å². The van der Waals surface area contributed by atoms with E-state index in [1.54, 1.807) is 0 Å². The lowest BCUT2D eigenvalue weighted by Crippen LogP contribution is -2.47. The van der Waals surface area contributed by atoms with E-state index in [1.807, 2.05) is 0 Å². The highest BCUT2D eigenvalue weighted by molar-refractivity contribution is 4.89. The Morgan fingerprint density at radius 1 is 1.40 bits per heavy atom. The summed E-state index contributed by atoms with van der Waals surface area (Å²) in [5.41, 5.74) is -0.0679. The predicted octanol–water partition coefficient (Wildman–Crippen LogP) is 2.66. The summed E-state index contributed by atoms with van der Waals surface area (Å²) in [6, 6.07) is 0.517. The minimum Gasteiger partial charge on any atom is -0.390 e. The highest BCUT2D eigenvalue weighted by atomic mass is 16.3. The van der Waals surface area contributed by atoms with Crippen LogP contribution in [-0.4, -0.2) is 35.2 Å². The molecule has 0 amide bonds. The van der Waals surface area contributed by atoms with Crippen LogP contribution in [0.2, 0.25) is 0 Å². The van der Waals surface area contributed by atoms with E-state index in [0.717, 1.165) is 32.2 Å². The molecule has 2 nitrogen and oxygen atoms in total. The Balaban J connectivity index is 2.46. The van der Waals surface area contributed by atoms with E-state index in [0.29, 0.717) is 11.5 Å². The molecule has 0 aromatic carbocycles. The summed E-state index contributed by atoms with van der Waals surface area (Å²) in [4.78, 5) is 2.34. The number of piperidine rings is 1. The van der Waals surface area contributed by atoms with Crippen LogP contribution in [0.25, 0.3) is 0 Å². The Bertz CT molecular complexity index is 209. The van der Waals surface area contributed by atoms with Crippen LogP contribution in [0.15, 0.2) is 0 Å². The van der Waals surface area contributed by atoms with E-state index in [2.05, 4.69) is 39.6 Å². The van der Waals surface area contributed by atoms with Gasteiger partial charge in [0.25, 0.3) is 0 Å². The van der Waals surface area contributed by atoms with Crippen molar-refractivity contribution in [2.45, 2.75) is 65.0 Å². The molecule has 0 saturated carbocycles. The molecule has 1 aliphatic heterocycles. The smallest absolute Gasteiger partial charge is 0.0675 e. The molecule has 1 fully saturated rings. The van der Waals surface area contributed by atoms with Gasteiger partial charge in [-0.05, 0) is 45.1 Å². The molecule has 2 atom stereocenters. The third-order valence-corrected chi connectivity index (χ3v) is 3.70. The molecule has 0 bridgehead atoms. The molecule has 2 heteroatoms. The quantitative estimate of drug-likeness (QED) is 0.762. The zero-order chi connectivity index (χ0) is 11.7. The summed E-state index contributed by atoms with van der Waals surface area (Å²) < 4.78 is 0. The molecule has 2 unspecified atom stereocenters. The second-order valence-corrected chi connectivity index (χ2v) is 6.57. The maximum atomic E-state index is 10.5. The van der Waals surface area contributed by atoms with Gasteiger partial charge in [0.15, 0.2) is 0 Å². The third kappa shape index (κ3) is 4.12. The van der Waals surface area contributed by atoms with Gasteiger partial charge < -0.3 is 10.0 Å². The van der Waals surface area contributed by atoms with Crippen LogP contribution < -0.4 is 0 Å². The van der Waals surface area contributed by atoms with Crippen molar-refractivity contribution in [2.75, 3.05) is 13.6 Å². The summed E-state index contributed by atoms with van der Waals surface area (Å²) in [6.45, 7) is 9.97. The van der Waals surface area contributed by atoms with E-state index in [4.69, 9.17) is 0 Å². The molecule has 1 aliphatic rings. The van der Waals surface area contributed by atoms with Gasteiger partial charge in [0.2, 0.25) is 0 Å². The summed E-state index contributed by atoms with van der Waals surface area (Å²) in [7, 11) is 2.15. The van der Waals surface area contributed by atoms with E-state index >= 15 is 0 Å². The Hall–Kier alpha value is -0.0800. The van der Waals surface area contributed by atoms with Gasteiger partial charge in [-0.1, -0.05) is 20.8 Å². The van der Waals surface area contributed by atoms with Crippen molar-refractivity contribution in [1.82, 2.24) is 4.90 Å². The highest BCUT2D eigenvalue weighted by Gasteiger charge is 2.35. The Morgan fingerprint density at radius 3 is 2.47 bits per heavy atom. The van der Waals surface area contributed by atoms with Gasteiger partial charge in [0, 0.05) is 12.6 Å². The SMILES string of the molecule is CC1CC(O)(CCC(C)(C)C)CCN1C. The van der Waals surface area contributed by atoms with E-state index in [1.165, 1.54) is 0 Å². The zero-order valence-corrected chi connectivity index (χ0v) is 11.0. The maximum Gasteiger partial charge on any atom is 0.0675 e. The normalized spacial score (nSPS) is 34.4. The van der Waals surface area contributed by atoms with Crippen molar-refractivity contribution in [3.8, 4) is 0 Å². The molecule has 1 heterocycles. The molecule has 1 saturated heterocycles. The minimum absolute atomic E-state index is 0.336. The van der Waals surface area contributed by atoms with E-state index in [-0.39, 0.29) is 0 Å². The average molecular weight is 213 g/mol. The first kappa shape index (κ1) is 13.0. The fourth-order valence-corrected chi connectivity index (χ4v) is 2.25. The minimum atomic E-state index is -0.404. The topological polar surface area (TPSA) is 23.5 Å². The monoisotopic (exact) mass is 213 g/mol. The number of hydrogen-bond acceptors (Lipinski definition) is 2. The average Bonchev–Trinajstić information content (AvgIpc) is 2.08. The number of nitrogens with zero attached hydrogens (tertiary/aromatic N) is 1.